The van der Waals surface area contributed by atoms with Crippen LogP contribution in [0.3, 0.4) is 0 Å². The Balaban J connectivity index is 2.45. The average molecular weight is 770 g/mol. The van der Waals surface area contributed by atoms with E-state index in [-0.39, 0.29) is 25.9 Å². The molecule has 1 saturated heterocycles. The summed E-state index contributed by atoms with van der Waals surface area (Å²) in [6.07, 6.45) is 39.9. The van der Waals surface area contributed by atoms with Crippen molar-refractivity contribution in [3.05, 3.63) is 72.9 Å². The Hall–Kier alpha value is -3.27. The predicted octanol–water partition coefficient (Wildman–Crippen LogP) is 10.2. The van der Waals surface area contributed by atoms with Gasteiger partial charge in [0, 0.05) is 19.4 Å². The number of hydrogen-bond donors (Lipinski definition) is 1. The Labute approximate surface area is 334 Å². The molecular formula is C46H75NO8. The first-order chi connectivity index (χ1) is 26.8. The van der Waals surface area contributed by atoms with Crippen LogP contribution < -0.4 is 0 Å². The molecule has 0 aliphatic carbocycles. The van der Waals surface area contributed by atoms with Crippen LogP contribution >= 0.6 is 0 Å². The van der Waals surface area contributed by atoms with Gasteiger partial charge in [0.15, 0.2) is 18.5 Å². The van der Waals surface area contributed by atoms with Crippen molar-refractivity contribution < 1.29 is 38.4 Å². The molecule has 55 heavy (non-hydrogen) atoms. The number of unbranched alkanes of at least 4 members (excludes halogenated alkanes) is 10. The summed E-state index contributed by atoms with van der Waals surface area (Å²) in [5, 5.41) is 10.7. The molecule has 0 amide bonds. The number of carbonyl (C=O) groups excluding carboxylic acids is 3. The van der Waals surface area contributed by atoms with E-state index < -0.39 is 42.5 Å². The second-order valence-electron chi connectivity index (χ2n) is 14.4. The number of aliphatic hydroxyl groups is 1. The number of allylic oxidation sites excluding steroid dienone is 12. The van der Waals surface area contributed by atoms with Crippen molar-refractivity contribution in [1.82, 2.24) is 4.90 Å². The molecule has 1 N–H and O–H groups in total. The maximum absolute atomic E-state index is 12.9. The molecule has 0 bridgehead atoms. The average Bonchev–Trinajstić information content (AvgIpc) is 3.45. The molecule has 0 radical (unpaired) electrons. The monoisotopic (exact) mass is 770 g/mol. The zero-order chi connectivity index (χ0) is 40.2. The van der Waals surface area contributed by atoms with Crippen LogP contribution in [0.25, 0.3) is 0 Å². The molecule has 0 aromatic carbocycles. The standard InChI is InChI=1S/C46H75NO8/c1-5-7-9-11-13-15-17-19-21-23-25-27-29-31-33-35-42(49)54-44-40(39-52-41(48)37-38-47(3)4)53-46(51)45(44)55-43(50)36-34-32-30-28-26-24-22-20-18-16-14-12-10-8-6-2/h7-10,13-16,19-22,40,44-46,51H,5-6,11-12,17-18,23-39H2,1-4H3/b9-7-,10-8-,15-13-,16-14-,21-19-,22-20-/t40-,44?,45+,46-/m1/s1. The summed E-state index contributed by atoms with van der Waals surface area (Å²) in [6.45, 7) is 4.57. The summed E-state index contributed by atoms with van der Waals surface area (Å²) in [5.74, 6) is -1.37. The van der Waals surface area contributed by atoms with Crippen LogP contribution in [0.1, 0.15) is 149 Å². The number of ether oxygens (including phenoxy) is 4. The van der Waals surface area contributed by atoms with Gasteiger partial charge < -0.3 is 29.0 Å². The van der Waals surface area contributed by atoms with Crippen molar-refractivity contribution in [2.75, 3.05) is 27.2 Å². The van der Waals surface area contributed by atoms with Gasteiger partial charge in [-0.1, -0.05) is 125 Å². The van der Waals surface area contributed by atoms with Gasteiger partial charge in [0.25, 0.3) is 0 Å². The van der Waals surface area contributed by atoms with Gasteiger partial charge in [0.05, 0.1) is 6.42 Å². The first kappa shape index (κ1) is 49.7. The van der Waals surface area contributed by atoms with Crippen molar-refractivity contribution >= 4 is 17.9 Å². The molecule has 1 fully saturated rings. The molecule has 1 rings (SSSR count). The Morgan fingerprint density at radius 1 is 0.545 bits per heavy atom. The molecule has 9 heteroatoms. The Morgan fingerprint density at radius 2 is 0.964 bits per heavy atom. The molecule has 0 aromatic rings. The van der Waals surface area contributed by atoms with E-state index in [1.165, 1.54) is 0 Å². The van der Waals surface area contributed by atoms with E-state index >= 15 is 0 Å². The van der Waals surface area contributed by atoms with Gasteiger partial charge in [-0.2, -0.15) is 0 Å². The third kappa shape index (κ3) is 28.8. The summed E-state index contributed by atoms with van der Waals surface area (Å²) < 4.78 is 22.4. The van der Waals surface area contributed by atoms with E-state index in [0.717, 1.165) is 103 Å². The van der Waals surface area contributed by atoms with Crippen LogP contribution in [-0.2, 0) is 33.3 Å². The molecule has 9 nitrogen and oxygen atoms in total. The second-order valence-corrected chi connectivity index (χ2v) is 14.4. The predicted molar refractivity (Wildman–Crippen MR) is 223 cm³/mol. The van der Waals surface area contributed by atoms with Crippen LogP contribution in [0.15, 0.2) is 72.9 Å². The lowest BCUT2D eigenvalue weighted by atomic mass is 10.1. The first-order valence-corrected chi connectivity index (χ1v) is 21.2. The zero-order valence-electron chi connectivity index (χ0n) is 34.8. The van der Waals surface area contributed by atoms with Crippen molar-refractivity contribution in [3.63, 3.8) is 0 Å². The van der Waals surface area contributed by atoms with Crippen molar-refractivity contribution in [3.8, 4) is 0 Å². The van der Waals surface area contributed by atoms with Gasteiger partial charge in [-0.3, -0.25) is 14.4 Å². The minimum absolute atomic E-state index is 0.182. The van der Waals surface area contributed by atoms with Gasteiger partial charge in [-0.25, -0.2) is 0 Å². The third-order valence-corrected chi connectivity index (χ3v) is 9.06. The van der Waals surface area contributed by atoms with E-state index in [4.69, 9.17) is 18.9 Å². The molecule has 312 valence electrons. The lowest BCUT2D eigenvalue weighted by Gasteiger charge is -2.23. The molecular weight excluding hydrogens is 695 g/mol. The molecule has 0 aromatic heterocycles. The number of aliphatic hydroxyl groups excluding tert-OH is 1. The minimum Gasteiger partial charge on any atom is -0.463 e. The Kier molecular flexibility index (Phi) is 31.8. The largest absolute Gasteiger partial charge is 0.463 e. The van der Waals surface area contributed by atoms with E-state index in [1.54, 1.807) is 0 Å². The van der Waals surface area contributed by atoms with Crippen LogP contribution in [0.2, 0.25) is 0 Å². The van der Waals surface area contributed by atoms with Crippen molar-refractivity contribution in [2.24, 2.45) is 0 Å². The quantitative estimate of drug-likeness (QED) is 0.0302. The highest BCUT2D eigenvalue weighted by Crippen LogP contribution is 2.27. The SMILES string of the molecule is CC/C=C\C/C=C\C/C=C\CCCCCCCC(=O)OC1[C@@H](COC(=O)CCN(C)C)O[C@@H](O)[C@H]1OC(=O)CCCCCCC/C=C\C/C=C\C/C=C\CC. The highest BCUT2D eigenvalue weighted by molar-refractivity contribution is 5.71. The van der Waals surface area contributed by atoms with Crippen LogP contribution in [0, 0.1) is 0 Å². The van der Waals surface area contributed by atoms with Crippen LogP contribution in [0.5, 0.6) is 0 Å². The molecule has 0 saturated carbocycles. The van der Waals surface area contributed by atoms with E-state index in [1.807, 2.05) is 19.0 Å². The Bertz CT molecular complexity index is 1170. The smallest absolute Gasteiger partial charge is 0.307 e. The summed E-state index contributed by atoms with van der Waals surface area (Å²) in [4.78, 5) is 39.9. The number of nitrogens with zero attached hydrogens (tertiary/aromatic N) is 1. The van der Waals surface area contributed by atoms with Crippen molar-refractivity contribution in [1.29, 1.82) is 0 Å². The fourth-order valence-electron chi connectivity index (χ4n) is 5.87. The van der Waals surface area contributed by atoms with Crippen molar-refractivity contribution in [2.45, 2.75) is 173 Å². The molecule has 1 heterocycles. The van der Waals surface area contributed by atoms with Gasteiger partial charge in [-0.15, -0.1) is 0 Å². The lowest BCUT2D eigenvalue weighted by molar-refractivity contribution is -0.177. The topological polar surface area (TPSA) is 112 Å². The third-order valence-electron chi connectivity index (χ3n) is 9.06. The van der Waals surface area contributed by atoms with Crippen LogP contribution in [0.4, 0.5) is 0 Å². The maximum atomic E-state index is 12.9. The highest BCUT2D eigenvalue weighted by Gasteiger charge is 2.49. The maximum Gasteiger partial charge on any atom is 0.307 e. The summed E-state index contributed by atoms with van der Waals surface area (Å²) in [5.41, 5.74) is 0. The summed E-state index contributed by atoms with van der Waals surface area (Å²) in [7, 11) is 3.72. The van der Waals surface area contributed by atoms with Gasteiger partial charge in [0.1, 0.15) is 12.7 Å². The fourth-order valence-corrected chi connectivity index (χ4v) is 5.87. The molecule has 1 aliphatic rings. The molecule has 0 spiro atoms. The van der Waals surface area contributed by atoms with Gasteiger partial charge in [-0.05, 0) is 91.1 Å². The number of hydrogen-bond acceptors (Lipinski definition) is 9. The Morgan fingerprint density at radius 3 is 1.44 bits per heavy atom. The molecule has 1 aliphatic heterocycles. The second kappa shape index (κ2) is 35.2. The fraction of sp³-hybridized carbons (Fsp3) is 0.674. The van der Waals surface area contributed by atoms with Crippen LogP contribution in [-0.4, -0.2) is 79.8 Å². The zero-order valence-corrected chi connectivity index (χ0v) is 34.8. The van der Waals surface area contributed by atoms with E-state index in [9.17, 15) is 19.5 Å². The summed E-state index contributed by atoms with van der Waals surface area (Å²) >= 11 is 0. The summed E-state index contributed by atoms with van der Waals surface area (Å²) in [6, 6.07) is 0. The number of esters is 3. The number of carbonyl (C=O) groups is 3. The van der Waals surface area contributed by atoms with Gasteiger partial charge >= 0.3 is 17.9 Å². The molecule has 1 unspecified atom stereocenters. The minimum atomic E-state index is -1.50. The van der Waals surface area contributed by atoms with Gasteiger partial charge in [0.2, 0.25) is 0 Å². The normalized spacial score (nSPS) is 19.1. The highest BCUT2D eigenvalue weighted by atomic mass is 16.7. The molecule has 4 atom stereocenters. The van der Waals surface area contributed by atoms with E-state index in [0.29, 0.717) is 19.4 Å². The lowest BCUT2D eigenvalue weighted by Crippen LogP contribution is -2.42. The van der Waals surface area contributed by atoms with E-state index in [2.05, 4.69) is 86.8 Å². The number of rotatable bonds is 33. The first-order valence-electron chi connectivity index (χ1n) is 21.2.